The van der Waals surface area contributed by atoms with Crippen molar-refractivity contribution in [1.29, 1.82) is 0 Å². The molecule has 1 aromatic rings. The second kappa shape index (κ2) is 3.05. The van der Waals surface area contributed by atoms with E-state index in [0.717, 1.165) is 13.0 Å². The van der Waals surface area contributed by atoms with Gasteiger partial charge in [-0.1, -0.05) is 29.5 Å². The minimum atomic E-state index is 0.199. The lowest BCUT2D eigenvalue weighted by molar-refractivity contribution is -0.415. The Morgan fingerprint density at radius 3 is 3.14 bits per heavy atom. The second-order valence-corrected chi connectivity index (χ2v) is 3.92. The summed E-state index contributed by atoms with van der Waals surface area (Å²) in [6.45, 7) is 0.760. The molecule has 1 saturated heterocycles. The van der Waals surface area contributed by atoms with Crippen molar-refractivity contribution >= 4 is 0 Å². The van der Waals surface area contributed by atoms with E-state index in [0.29, 0.717) is 5.92 Å². The zero-order valence-electron chi connectivity index (χ0n) is 8.14. The van der Waals surface area contributed by atoms with E-state index in [2.05, 4.69) is 24.3 Å². The smallest absolute Gasteiger partial charge is 0.113 e. The highest BCUT2D eigenvalue weighted by Crippen LogP contribution is 2.41. The summed E-state index contributed by atoms with van der Waals surface area (Å²) in [5, 5.41) is 1.48. The average Bonchev–Trinajstić information content (AvgIpc) is 2.56. The van der Waals surface area contributed by atoms with Crippen LogP contribution in [0.3, 0.4) is 0 Å². The van der Waals surface area contributed by atoms with E-state index < -0.39 is 0 Å². The molecule has 0 amide bonds. The molecule has 1 aromatic carbocycles. The van der Waals surface area contributed by atoms with Crippen molar-refractivity contribution in [3.63, 3.8) is 0 Å². The highest BCUT2D eigenvalue weighted by molar-refractivity contribution is 5.34. The minimum absolute atomic E-state index is 0.199. The molecule has 0 bridgehead atoms. The number of hydrogen-bond acceptors (Lipinski definition) is 3. The van der Waals surface area contributed by atoms with E-state index in [9.17, 15) is 0 Å². The average molecular weight is 191 g/mol. The molecule has 3 rings (SSSR count). The van der Waals surface area contributed by atoms with Crippen molar-refractivity contribution in [2.45, 2.75) is 12.5 Å². The van der Waals surface area contributed by atoms with Crippen LogP contribution in [0.2, 0.25) is 0 Å². The summed E-state index contributed by atoms with van der Waals surface area (Å²) in [5.41, 5.74) is 2.73. The molecule has 1 aliphatic carbocycles. The van der Waals surface area contributed by atoms with Gasteiger partial charge in [0, 0.05) is 13.0 Å². The lowest BCUT2D eigenvalue weighted by Gasteiger charge is -2.31. The summed E-state index contributed by atoms with van der Waals surface area (Å²) in [7, 11) is 1.80. The highest BCUT2D eigenvalue weighted by Gasteiger charge is 2.37. The summed E-state index contributed by atoms with van der Waals surface area (Å²) in [5.74, 6) is 0.489. The summed E-state index contributed by atoms with van der Waals surface area (Å²) in [6.07, 6.45) is 1.28. The summed E-state index contributed by atoms with van der Waals surface area (Å²) < 4.78 is 0. The topological polar surface area (TPSA) is 21.7 Å². The first-order chi connectivity index (χ1) is 6.84. The first kappa shape index (κ1) is 8.41. The van der Waals surface area contributed by atoms with Crippen LogP contribution in [0.4, 0.5) is 0 Å². The molecule has 1 fully saturated rings. The summed E-state index contributed by atoms with van der Waals surface area (Å²) in [6, 6.07) is 8.48. The van der Waals surface area contributed by atoms with Gasteiger partial charge in [0.25, 0.3) is 0 Å². The molecule has 0 saturated carbocycles. The van der Waals surface area contributed by atoms with E-state index in [4.69, 9.17) is 9.68 Å². The first-order valence-corrected chi connectivity index (χ1v) is 4.96. The fourth-order valence-corrected chi connectivity index (χ4v) is 2.32. The van der Waals surface area contributed by atoms with Crippen molar-refractivity contribution in [3.8, 4) is 0 Å². The Hall–Kier alpha value is -0.900. The number of nitrogens with zero attached hydrogens (tertiary/aromatic N) is 1. The van der Waals surface area contributed by atoms with Crippen LogP contribution in [0.15, 0.2) is 24.3 Å². The Labute approximate surface area is 83.1 Å². The van der Waals surface area contributed by atoms with Gasteiger partial charge in [-0.3, -0.25) is 9.68 Å². The zero-order chi connectivity index (χ0) is 9.54. The maximum absolute atomic E-state index is 5.65. The zero-order valence-corrected chi connectivity index (χ0v) is 8.14. The molecule has 3 heteroatoms. The quantitative estimate of drug-likeness (QED) is 0.623. The minimum Gasteiger partial charge on any atom is -0.274 e. The van der Waals surface area contributed by atoms with Crippen LogP contribution in [0, 0.1) is 5.92 Å². The second-order valence-electron chi connectivity index (χ2n) is 3.92. The third kappa shape index (κ3) is 1.17. The number of hydrogen-bond donors (Lipinski definition) is 0. The SMILES string of the molecule is CN1OCC2Cc3ccccc3C2O1. The third-order valence-corrected chi connectivity index (χ3v) is 3.00. The molecule has 2 unspecified atom stereocenters. The Balaban J connectivity index is 1.97. The lowest BCUT2D eigenvalue weighted by Crippen LogP contribution is -2.34. The molecule has 74 valence electrons. The molecule has 1 heterocycles. The van der Waals surface area contributed by atoms with Gasteiger partial charge in [0.2, 0.25) is 0 Å². The summed E-state index contributed by atoms with van der Waals surface area (Å²) in [4.78, 5) is 11.0. The van der Waals surface area contributed by atoms with Crippen molar-refractivity contribution in [2.24, 2.45) is 5.92 Å². The molecule has 0 N–H and O–H groups in total. The normalized spacial score (nSPS) is 31.2. The molecular formula is C11H13NO2. The van der Waals surface area contributed by atoms with Crippen LogP contribution < -0.4 is 0 Å². The molecule has 1 aliphatic heterocycles. The van der Waals surface area contributed by atoms with Crippen molar-refractivity contribution in [3.05, 3.63) is 35.4 Å². The lowest BCUT2D eigenvalue weighted by atomic mass is 10.0. The molecule has 3 nitrogen and oxygen atoms in total. The van der Waals surface area contributed by atoms with E-state index in [1.807, 2.05) is 0 Å². The van der Waals surface area contributed by atoms with Gasteiger partial charge < -0.3 is 0 Å². The van der Waals surface area contributed by atoms with Crippen LogP contribution in [0.25, 0.3) is 0 Å². The van der Waals surface area contributed by atoms with E-state index >= 15 is 0 Å². The van der Waals surface area contributed by atoms with Crippen LogP contribution in [-0.4, -0.2) is 18.9 Å². The first-order valence-electron chi connectivity index (χ1n) is 4.96. The standard InChI is InChI=1S/C11H13NO2/c1-12-13-7-9-6-8-4-2-3-5-10(8)11(9)14-12/h2-5,9,11H,6-7H2,1H3. The van der Waals surface area contributed by atoms with Crippen LogP contribution in [-0.2, 0) is 16.1 Å². The molecule has 2 atom stereocenters. The van der Waals surface area contributed by atoms with Gasteiger partial charge in [-0.15, -0.1) is 0 Å². The van der Waals surface area contributed by atoms with Gasteiger partial charge >= 0.3 is 0 Å². The predicted octanol–water partition coefficient (Wildman–Crippen LogP) is 1.71. The van der Waals surface area contributed by atoms with Crippen LogP contribution in [0.1, 0.15) is 17.2 Å². The third-order valence-electron chi connectivity index (χ3n) is 3.00. The van der Waals surface area contributed by atoms with Crippen LogP contribution in [0.5, 0.6) is 0 Å². The number of benzene rings is 1. The Kier molecular flexibility index (Phi) is 1.83. The van der Waals surface area contributed by atoms with Gasteiger partial charge in [0.1, 0.15) is 6.10 Å². The molecule has 0 spiro atoms. The number of rotatable bonds is 0. The van der Waals surface area contributed by atoms with Gasteiger partial charge in [-0.2, -0.15) is 0 Å². The fourth-order valence-electron chi connectivity index (χ4n) is 2.32. The van der Waals surface area contributed by atoms with Gasteiger partial charge in [-0.05, 0) is 17.5 Å². The predicted molar refractivity (Wildman–Crippen MR) is 51.2 cm³/mol. The highest BCUT2D eigenvalue weighted by atomic mass is 17.0. The Morgan fingerprint density at radius 1 is 1.36 bits per heavy atom. The molecule has 0 radical (unpaired) electrons. The van der Waals surface area contributed by atoms with Crippen molar-refractivity contribution < 1.29 is 9.68 Å². The fraction of sp³-hybridized carbons (Fsp3) is 0.455. The Bertz CT molecular complexity index is 353. The number of fused-ring (bicyclic) bond motifs is 3. The maximum Gasteiger partial charge on any atom is 0.113 e. The van der Waals surface area contributed by atoms with Crippen molar-refractivity contribution in [1.82, 2.24) is 5.23 Å². The summed E-state index contributed by atoms with van der Waals surface area (Å²) >= 11 is 0. The molecule has 14 heavy (non-hydrogen) atoms. The molecule has 2 aliphatic rings. The molecule has 0 aromatic heterocycles. The van der Waals surface area contributed by atoms with Crippen LogP contribution >= 0.6 is 0 Å². The monoisotopic (exact) mass is 191 g/mol. The largest absolute Gasteiger partial charge is 0.274 e. The number of hydroxylamine groups is 2. The Morgan fingerprint density at radius 2 is 2.21 bits per heavy atom. The molecular weight excluding hydrogens is 178 g/mol. The van der Waals surface area contributed by atoms with Gasteiger partial charge in [-0.25, -0.2) is 0 Å². The van der Waals surface area contributed by atoms with Gasteiger partial charge in [0.05, 0.1) is 6.61 Å². The van der Waals surface area contributed by atoms with E-state index in [1.165, 1.54) is 16.4 Å². The van der Waals surface area contributed by atoms with Crippen molar-refractivity contribution in [2.75, 3.05) is 13.7 Å². The van der Waals surface area contributed by atoms with E-state index in [1.54, 1.807) is 7.05 Å². The van der Waals surface area contributed by atoms with E-state index in [-0.39, 0.29) is 6.10 Å². The maximum atomic E-state index is 5.65. The van der Waals surface area contributed by atoms with Gasteiger partial charge in [0.15, 0.2) is 0 Å².